The summed E-state index contributed by atoms with van der Waals surface area (Å²) in [6.45, 7) is 0.935. The lowest BCUT2D eigenvalue weighted by atomic mass is 9.93. The van der Waals surface area contributed by atoms with Crippen LogP contribution in [0.4, 0.5) is 5.69 Å². The summed E-state index contributed by atoms with van der Waals surface area (Å²) in [5.74, 6) is -1.07. The first kappa shape index (κ1) is 34.4. The number of benzene rings is 3. The van der Waals surface area contributed by atoms with Gasteiger partial charge in [-0.3, -0.25) is 14.3 Å². The third-order valence-corrected chi connectivity index (χ3v) is 10.0. The fraction of sp³-hybridized carbons (Fsp3) is 0.294. The minimum atomic E-state index is -4.00. The molecule has 254 valence electrons. The third-order valence-electron chi connectivity index (χ3n) is 8.09. The number of para-hydroxylation sites is 3. The van der Waals surface area contributed by atoms with Crippen LogP contribution >= 0.6 is 0 Å². The third kappa shape index (κ3) is 7.31. The van der Waals surface area contributed by atoms with Gasteiger partial charge in [0.2, 0.25) is 16.3 Å². The Balaban J connectivity index is 1.41. The number of aliphatic hydroxyl groups is 1. The molecule has 13 nitrogen and oxygen atoms in total. The summed E-state index contributed by atoms with van der Waals surface area (Å²) in [5.41, 5.74) is 1.67. The van der Waals surface area contributed by atoms with E-state index in [0.29, 0.717) is 22.7 Å². The lowest BCUT2D eigenvalue weighted by molar-refractivity contribution is -0.143. The van der Waals surface area contributed by atoms with E-state index in [4.69, 9.17) is 14.2 Å². The zero-order valence-corrected chi connectivity index (χ0v) is 27.6. The highest BCUT2D eigenvalue weighted by Gasteiger charge is 2.34. The topological polar surface area (TPSA) is 162 Å². The average Bonchev–Trinajstić information content (AvgIpc) is 3.32. The smallest absolute Gasteiger partial charge is 0.290 e. The molecule has 1 aliphatic heterocycles. The summed E-state index contributed by atoms with van der Waals surface area (Å²) in [7, 11) is -0.747. The predicted molar refractivity (Wildman–Crippen MR) is 178 cm³/mol. The molecule has 4 aromatic rings. The number of hydrogen-bond acceptors (Lipinski definition) is 9. The van der Waals surface area contributed by atoms with Crippen LogP contribution in [-0.4, -0.2) is 77.9 Å². The molecular weight excluding hydrogens is 640 g/mol. The number of methoxy groups -OCH3 is 1. The monoisotopic (exact) mass is 678 g/mol. The Kier molecular flexibility index (Phi) is 10.7. The van der Waals surface area contributed by atoms with Crippen molar-refractivity contribution in [1.29, 1.82) is 0 Å². The Labute approximate surface area is 278 Å². The van der Waals surface area contributed by atoms with Gasteiger partial charge < -0.3 is 29.7 Å². The highest BCUT2D eigenvalue weighted by Crippen LogP contribution is 2.33. The highest BCUT2D eigenvalue weighted by atomic mass is 32.2. The molecule has 1 aromatic heterocycles. The molecule has 3 N–H and O–H groups in total. The van der Waals surface area contributed by atoms with E-state index >= 15 is 0 Å². The van der Waals surface area contributed by atoms with E-state index in [0.717, 1.165) is 4.31 Å². The van der Waals surface area contributed by atoms with E-state index in [1.807, 2.05) is 37.3 Å². The molecule has 1 aliphatic rings. The number of nitrogens with zero attached hydrogens (tertiary/aromatic N) is 3. The van der Waals surface area contributed by atoms with Gasteiger partial charge in [0, 0.05) is 43.7 Å². The van der Waals surface area contributed by atoms with Crippen LogP contribution in [0, 0.1) is 6.92 Å². The molecule has 2 atom stereocenters. The normalized spacial score (nSPS) is 16.3. The van der Waals surface area contributed by atoms with Crippen LogP contribution in [-0.2, 0) is 31.3 Å². The summed E-state index contributed by atoms with van der Waals surface area (Å²) in [6, 6.07) is 21.3. The number of aromatic hydroxyl groups is 1. The van der Waals surface area contributed by atoms with Gasteiger partial charge in [0.25, 0.3) is 11.5 Å². The summed E-state index contributed by atoms with van der Waals surface area (Å²) in [6.07, 6.45) is 0.655. The molecule has 0 fully saturated rings. The zero-order chi connectivity index (χ0) is 34.4. The summed E-state index contributed by atoms with van der Waals surface area (Å²) in [5, 5.41) is 22.5. The number of phenolic OH excluding ortho intramolecular Hbond substituents is 1. The van der Waals surface area contributed by atoms with E-state index in [1.165, 1.54) is 43.5 Å². The maximum absolute atomic E-state index is 13.9. The Morgan fingerprint density at radius 1 is 1.04 bits per heavy atom. The van der Waals surface area contributed by atoms with Crippen molar-refractivity contribution in [2.75, 3.05) is 38.7 Å². The molecule has 0 saturated carbocycles. The number of carbonyl (C=O) groups excluding carboxylic acids is 1. The van der Waals surface area contributed by atoms with Crippen LogP contribution in [0.15, 0.2) is 100 Å². The number of sulfonamides is 1. The molecule has 0 aliphatic carbocycles. The number of rotatable bonds is 13. The second-order valence-corrected chi connectivity index (χ2v) is 13.0. The molecule has 0 saturated heterocycles. The van der Waals surface area contributed by atoms with E-state index in [-0.39, 0.29) is 53.8 Å². The fourth-order valence-corrected chi connectivity index (χ4v) is 6.96. The summed E-state index contributed by atoms with van der Waals surface area (Å²) in [4.78, 5) is 27.3. The molecule has 2 heterocycles. The predicted octanol–water partition coefficient (Wildman–Crippen LogP) is 3.25. The minimum absolute atomic E-state index is 0.0195. The fourth-order valence-electron chi connectivity index (χ4n) is 5.55. The van der Waals surface area contributed by atoms with Crippen LogP contribution in [0.3, 0.4) is 0 Å². The number of hydrogen-bond donors (Lipinski definition) is 3. The van der Waals surface area contributed by atoms with E-state index < -0.39 is 34.7 Å². The van der Waals surface area contributed by atoms with Gasteiger partial charge in [-0.2, -0.15) is 4.31 Å². The maximum atomic E-state index is 13.9. The molecule has 1 amide bonds. The summed E-state index contributed by atoms with van der Waals surface area (Å²) < 4.78 is 48.2. The van der Waals surface area contributed by atoms with Crippen LogP contribution < -0.4 is 15.6 Å². The van der Waals surface area contributed by atoms with Crippen molar-refractivity contribution in [2.45, 2.75) is 30.4 Å². The number of carbonyl (C=O) groups is 1. The second kappa shape index (κ2) is 14.9. The van der Waals surface area contributed by atoms with Crippen molar-refractivity contribution in [3.63, 3.8) is 0 Å². The SMILES string of the molecule is COc1ccc(S(=O)(=O)N(CCO)CCOC2CC(c3c(C)n(C)n(-c4ccccc4)c3=O)C=C(C(=O)Nc3ccccc3O)O2)cc1. The van der Waals surface area contributed by atoms with E-state index in [2.05, 4.69) is 5.32 Å². The molecular formula is C34H38N4O9S. The molecule has 0 spiro atoms. The lowest BCUT2D eigenvalue weighted by Crippen LogP contribution is -2.38. The summed E-state index contributed by atoms with van der Waals surface area (Å²) >= 11 is 0. The van der Waals surface area contributed by atoms with Crippen molar-refractivity contribution >= 4 is 21.6 Å². The Hall–Kier alpha value is -4.89. The van der Waals surface area contributed by atoms with Crippen molar-refractivity contribution in [1.82, 2.24) is 13.7 Å². The molecule has 5 rings (SSSR count). The number of aromatic nitrogens is 2. The molecule has 0 bridgehead atoms. The number of amides is 1. The number of phenols is 1. The molecule has 48 heavy (non-hydrogen) atoms. The van der Waals surface area contributed by atoms with Gasteiger partial charge in [0.05, 0.1) is 36.6 Å². The number of allylic oxidation sites excluding steroid dienone is 1. The first-order chi connectivity index (χ1) is 23.0. The van der Waals surface area contributed by atoms with Gasteiger partial charge in [0.1, 0.15) is 11.5 Å². The van der Waals surface area contributed by atoms with Crippen LogP contribution in [0.2, 0.25) is 0 Å². The largest absolute Gasteiger partial charge is 0.506 e. The van der Waals surface area contributed by atoms with Gasteiger partial charge in [-0.05, 0) is 61.5 Å². The molecule has 3 aromatic carbocycles. The number of aliphatic hydroxyl groups excluding tert-OH is 1. The Bertz CT molecular complexity index is 1940. The van der Waals surface area contributed by atoms with Crippen LogP contribution in [0.25, 0.3) is 5.69 Å². The lowest BCUT2D eigenvalue weighted by Gasteiger charge is -2.30. The van der Waals surface area contributed by atoms with E-state index in [9.17, 15) is 28.2 Å². The zero-order valence-electron chi connectivity index (χ0n) is 26.8. The van der Waals surface area contributed by atoms with Gasteiger partial charge >= 0.3 is 0 Å². The Morgan fingerprint density at radius 3 is 2.40 bits per heavy atom. The highest BCUT2D eigenvalue weighted by molar-refractivity contribution is 7.89. The van der Waals surface area contributed by atoms with Gasteiger partial charge in [-0.25, -0.2) is 13.1 Å². The van der Waals surface area contributed by atoms with Crippen molar-refractivity contribution in [2.24, 2.45) is 7.05 Å². The van der Waals surface area contributed by atoms with Crippen molar-refractivity contribution in [3.05, 3.63) is 112 Å². The number of ether oxygens (including phenoxy) is 3. The van der Waals surface area contributed by atoms with Crippen LogP contribution in [0.5, 0.6) is 11.5 Å². The molecule has 14 heteroatoms. The van der Waals surface area contributed by atoms with Crippen molar-refractivity contribution < 1.29 is 37.6 Å². The quantitative estimate of drug-likeness (QED) is 0.180. The molecule has 2 unspecified atom stereocenters. The maximum Gasteiger partial charge on any atom is 0.290 e. The standard InChI is InChI=1S/C34H38N4O9S/c1-23-32(34(42)38(36(23)2)25-9-5-4-6-10-25)24-21-30(33(41)35-28-11-7-8-12-29(28)40)47-31(22-24)46-20-18-37(17-19-39)48(43,44)27-15-13-26(45-3)14-16-27/h4-16,21,24,31,39-40H,17-20,22H2,1-3H3,(H,35,41). The minimum Gasteiger partial charge on any atom is -0.506 e. The van der Waals surface area contributed by atoms with Gasteiger partial charge in [-0.15, -0.1) is 0 Å². The first-order valence-electron chi connectivity index (χ1n) is 15.2. The average molecular weight is 679 g/mol. The van der Waals surface area contributed by atoms with Crippen LogP contribution in [0.1, 0.15) is 23.6 Å². The van der Waals surface area contributed by atoms with Crippen molar-refractivity contribution in [3.8, 4) is 17.2 Å². The first-order valence-corrected chi connectivity index (χ1v) is 16.7. The van der Waals surface area contributed by atoms with Gasteiger partial charge in [0.15, 0.2) is 5.76 Å². The number of anilines is 1. The number of nitrogens with one attached hydrogen (secondary N) is 1. The van der Waals surface area contributed by atoms with E-state index in [1.54, 1.807) is 34.6 Å². The van der Waals surface area contributed by atoms with Gasteiger partial charge in [-0.1, -0.05) is 30.3 Å². The molecule has 0 radical (unpaired) electrons. The Morgan fingerprint density at radius 2 is 1.73 bits per heavy atom. The second-order valence-electron chi connectivity index (χ2n) is 11.0.